The third-order valence-corrected chi connectivity index (χ3v) is 5.67. The maximum absolute atomic E-state index is 12.3. The van der Waals surface area contributed by atoms with E-state index >= 15 is 0 Å². The Bertz CT molecular complexity index is 573. The van der Waals surface area contributed by atoms with Gasteiger partial charge in [-0.25, -0.2) is 18.1 Å². The summed E-state index contributed by atoms with van der Waals surface area (Å²) in [4.78, 5) is 6.67. The largest absolute Gasteiger partial charge is 0.332 e. The third kappa shape index (κ3) is 2.09. The van der Waals surface area contributed by atoms with Crippen LogP contribution in [0.5, 0.6) is 0 Å². The van der Waals surface area contributed by atoms with Crippen molar-refractivity contribution in [2.75, 3.05) is 0 Å². The third-order valence-electron chi connectivity index (χ3n) is 4.33. The second-order valence-electron chi connectivity index (χ2n) is 6.51. The van der Waals surface area contributed by atoms with Crippen molar-refractivity contribution in [1.29, 1.82) is 0 Å². The lowest BCUT2D eigenvalue weighted by Gasteiger charge is -2.62. The molecule has 2 rings (SSSR count). The van der Waals surface area contributed by atoms with Gasteiger partial charge >= 0.3 is 0 Å². The number of imidazole rings is 1. The fourth-order valence-corrected chi connectivity index (χ4v) is 4.76. The summed E-state index contributed by atoms with van der Waals surface area (Å²) in [6.45, 7) is 9.64. The molecule has 0 bridgehead atoms. The minimum atomic E-state index is -3.59. The van der Waals surface area contributed by atoms with Gasteiger partial charge in [0.1, 0.15) is 5.82 Å². The van der Waals surface area contributed by atoms with Gasteiger partial charge in [-0.1, -0.05) is 27.7 Å². The normalized spacial score (nSPS) is 28.9. The average Bonchev–Trinajstić information content (AvgIpc) is 2.72. The van der Waals surface area contributed by atoms with Crippen LogP contribution in [0, 0.1) is 17.8 Å². The standard InChI is InChI=1S/C12H22N4O2S/c1-7-14-6-8(15-7)19(17,18)16-10-11(2,3)9(13)12(10,4)5/h6,9-10,16H,13H2,1-5H3,(H,14,15). The number of aromatic nitrogens is 2. The number of nitrogens with two attached hydrogens (primary N) is 1. The number of hydrogen-bond donors (Lipinski definition) is 3. The molecule has 1 aliphatic rings. The highest BCUT2D eigenvalue weighted by molar-refractivity contribution is 7.89. The molecule has 1 aliphatic carbocycles. The van der Waals surface area contributed by atoms with Crippen LogP contribution in [0.3, 0.4) is 0 Å². The van der Waals surface area contributed by atoms with Crippen LogP contribution in [0.2, 0.25) is 0 Å². The first-order chi connectivity index (χ1) is 8.49. The molecule has 1 aromatic rings. The Morgan fingerprint density at radius 3 is 2.26 bits per heavy atom. The Balaban J connectivity index is 2.27. The maximum Gasteiger partial charge on any atom is 0.257 e. The van der Waals surface area contributed by atoms with Crippen LogP contribution in [-0.4, -0.2) is 30.5 Å². The zero-order valence-corrected chi connectivity index (χ0v) is 12.8. The lowest BCUT2D eigenvalue weighted by atomic mass is 9.49. The zero-order valence-electron chi connectivity index (χ0n) is 12.0. The monoisotopic (exact) mass is 286 g/mol. The van der Waals surface area contributed by atoms with E-state index in [1.165, 1.54) is 6.20 Å². The molecule has 1 saturated carbocycles. The van der Waals surface area contributed by atoms with Gasteiger partial charge in [0.2, 0.25) is 0 Å². The van der Waals surface area contributed by atoms with Gasteiger partial charge in [-0.3, -0.25) is 0 Å². The molecule has 19 heavy (non-hydrogen) atoms. The topological polar surface area (TPSA) is 101 Å². The maximum atomic E-state index is 12.3. The van der Waals surface area contributed by atoms with Crippen molar-refractivity contribution < 1.29 is 8.42 Å². The van der Waals surface area contributed by atoms with E-state index in [0.717, 1.165) is 0 Å². The summed E-state index contributed by atoms with van der Waals surface area (Å²) < 4.78 is 27.4. The van der Waals surface area contributed by atoms with Gasteiger partial charge in [-0.05, 0) is 17.8 Å². The number of nitrogens with zero attached hydrogens (tertiary/aromatic N) is 1. The Morgan fingerprint density at radius 2 is 1.84 bits per heavy atom. The van der Waals surface area contributed by atoms with Crippen LogP contribution in [0.4, 0.5) is 0 Å². The Kier molecular flexibility index (Phi) is 3.08. The molecule has 6 nitrogen and oxygen atoms in total. The number of hydrogen-bond acceptors (Lipinski definition) is 4. The number of rotatable bonds is 3. The summed E-state index contributed by atoms with van der Waals surface area (Å²) in [6, 6.07) is -0.250. The van der Waals surface area contributed by atoms with Crippen LogP contribution in [0.15, 0.2) is 11.2 Å². The molecule has 0 saturated heterocycles. The fraction of sp³-hybridized carbons (Fsp3) is 0.750. The molecule has 0 atom stereocenters. The molecule has 1 aromatic heterocycles. The van der Waals surface area contributed by atoms with Crippen molar-refractivity contribution in [3.8, 4) is 0 Å². The van der Waals surface area contributed by atoms with Crippen LogP contribution in [0.1, 0.15) is 33.5 Å². The van der Waals surface area contributed by atoms with Gasteiger partial charge in [0.15, 0.2) is 5.03 Å². The number of nitrogens with one attached hydrogen (secondary N) is 2. The van der Waals surface area contributed by atoms with Crippen LogP contribution in [0.25, 0.3) is 0 Å². The summed E-state index contributed by atoms with van der Waals surface area (Å²) in [5.41, 5.74) is 5.59. The van der Waals surface area contributed by atoms with Gasteiger partial charge in [0, 0.05) is 12.1 Å². The highest BCUT2D eigenvalue weighted by Gasteiger charge is 2.61. The molecule has 0 aliphatic heterocycles. The number of H-pyrrole nitrogens is 1. The summed E-state index contributed by atoms with van der Waals surface area (Å²) in [5, 5.41) is 0.0945. The molecular formula is C12H22N4O2S. The first-order valence-electron chi connectivity index (χ1n) is 6.29. The molecule has 108 valence electrons. The van der Waals surface area contributed by atoms with Gasteiger partial charge in [-0.15, -0.1) is 0 Å². The molecule has 7 heteroatoms. The molecule has 0 aromatic carbocycles. The highest BCUT2D eigenvalue weighted by atomic mass is 32.2. The average molecular weight is 286 g/mol. The van der Waals surface area contributed by atoms with Crippen molar-refractivity contribution in [3.63, 3.8) is 0 Å². The summed E-state index contributed by atoms with van der Waals surface area (Å²) in [5.74, 6) is 0.573. The summed E-state index contributed by atoms with van der Waals surface area (Å²) in [6.07, 6.45) is 1.33. The van der Waals surface area contributed by atoms with Gasteiger partial charge < -0.3 is 10.7 Å². The quantitative estimate of drug-likeness (QED) is 0.763. The van der Waals surface area contributed by atoms with Crippen LogP contribution >= 0.6 is 0 Å². The first-order valence-corrected chi connectivity index (χ1v) is 7.77. The highest BCUT2D eigenvalue weighted by Crippen LogP contribution is 2.52. The second kappa shape index (κ2) is 4.04. The molecule has 1 heterocycles. The van der Waals surface area contributed by atoms with E-state index in [4.69, 9.17) is 5.73 Å². The van der Waals surface area contributed by atoms with Crippen molar-refractivity contribution >= 4 is 10.0 Å². The molecule has 1 fully saturated rings. The van der Waals surface area contributed by atoms with Gasteiger partial charge in [0.25, 0.3) is 10.0 Å². The molecule has 0 spiro atoms. The Labute approximate surface area is 114 Å². The van der Waals surface area contributed by atoms with Crippen molar-refractivity contribution in [3.05, 3.63) is 12.0 Å². The molecule has 0 radical (unpaired) electrons. The number of aromatic amines is 1. The molecular weight excluding hydrogens is 264 g/mol. The van der Waals surface area contributed by atoms with Crippen molar-refractivity contribution in [2.24, 2.45) is 16.6 Å². The van der Waals surface area contributed by atoms with E-state index in [2.05, 4.69) is 14.7 Å². The SMILES string of the molecule is Cc1ncc(S(=O)(=O)NC2C(C)(C)C(N)C2(C)C)[nH]1. The Morgan fingerprint density at radius 1 is 1.32 bits per heavy atom. The van der Waals surface area contributed by atoms with E-state index in [-0.39, 0.29) is 27.9 Å². The van der Waals surface area contributed by atoms with E-state index in [9.17, 15) is 8.42 Å². The molecule has 0 amide bonds. The van der Waals surface area contributed by atoms with E-state index in [1.807, 2.05) is 27.7 Å². The van der Waals surface area contributed by atoms with Gasteiger partial charge in [-0.2, -0.15) is 0 Å². The lowest BCUT2D eigenvalue weighted by Crippen LogP contribution is -2.75. The molecule has 0 unspecified atom stereocenters. The van der Waals surface area contributed by atoms with Crippen molar-refractivity contribution in [2.45, 2.75) is 51.7 Å². The molecule has 4 N–H and O–H groups in total. The van der Waals surface area contributed by atoms with E-state index in [1.54, 1.807) is 6.92 Å². The predicted octanol–water partition coefficient (Wildman–Crippen LogP) is 0.758. The summed E-state index contributed by atoms with van der Waals surface area (Å²) in [7, 11) is -3.59. The number of aryl methyl sites for hydroxylation is 1. The van der Waals surface area contributed by atoms with Crippen LogP contribution < -0.4 is 10.5 Å². The van der Waals surface area contributed by atoms with Crippen LogP contribution in [-0.2, 0) is 10.0 Å². The van der Waals surface area contributed by atoms with Gasteiger partial charge in [0.05, 0.1) is 6.20 Å². The first kappa shape index (κ1) is 14.5. The fourth-order valence-electron chi connectivity index (χ4n) is 3.24. The second-order valence-corrected chi connectivity index (χ2v) is 8.19. The van der Waals surface area contributed by atoms with Crippen molar-refractivity contribution in [1.82, 2.24) is 14.7 Å². The minimum absolute atomic E-state index is 0.0452. The zero-order chi connectivity index (χ0) is 14.6. The lowest BCUT2D eigenvalue weighted by molar-refractivity contribution is -0.0593. The smallest absolute Gasteiger partial charge is 0.257 e. The predicted molar refractivity (Wildman–Crippen MR) is 73.0 cm³/mol. The van der Waals surface area contributed by atoms with E-state index in [0.29, 0.717) is 5.82 Å². The minimum Gasteiger partial charge on any atom is -0.332 e. The number of sulfonamides is 1. The summed E-state index contributed by atoms with van der Waals surface area (Å²) >= 11 is 0. The van der Waals surface area contributed by atoms with E-state index < -0.39 is 10.0 Å². The Hall–Kier alpha value is -0.920.